The van der Waals surface area contributed by atoms with Crippen LogP contribution in [0.3, 0.4) is 0 Å². The van der Waals surface area contributed by atoms with Crippen molar-refractivity contribution in [3.63, 3.8) is 0 Å². The van der Waals surface area contributed by atoms with E-state index in [2.05, 4.69) is 0 Å². The lowest BCUT2D eigenvalue weighted by Gasteiger charge is -2.41. The Hall–Kier alpha value is -2.75. The molecule has 1 aromatic carbocycles. The highest BCUT2D eigenvalue weighted by Gasteiger charge is 2.42. The van der Waals surface area contributed by atoms with Gasteiger partial charge in [0.2, 0.25) is 11.7 Å². The Morgan fingerprint density at radius 2 is 1.71 bits per heavy atom. The highest BCUT2D eigenvalue weighted by molar-refractivity contribution is 6.38. The molecule has 0 radical (unpaired) electrons. The Balaban J connectivity index is 1.35. The number of carboxylic acids is 1. The van der Waals surface area contributed by atoms with Crippen molar-refractivity contribution >= 4 is 40.4 Å². The molecule has 1 unspecified atom stereocenters. The van der Waals surface area contributed by atoms with E-state index in [4.69, 9.17) is 21.1 Å². The molecule has 1 aromatic heterocycles. The van der Waals surface area contributed by atoms with Crippen LogP contribution in [-0.2, 0) is 15.8 Å². The van der Waals surface area contributed by atoms with E-state index in [-0.39, 0.29) is 41.1 Å². The summed E-state index contributed by atoms with van der Waals surface area (Å²) in [6.07, 6.45) is -1.97. The van der Waals surface area contributed by atoms with Gasteiger partial charge in [0.05, 0.1) is 10.6 Å². The van der Waals surface area contributed by atoms with Gasteiger partial charge in [-0.2, -0.15) is 13.2 Å². The van der Waals surface area contributed by atoms with Gasteiger partial charge >= 0.3 is 12.1 Å². The SMILES string of the molecule is O=C(O)C1CCN1C(=O)C1CCN(C(=O)c2oc3c(C(F)(F)F)cc(C4CC4)cc3c2Cl)CC1. The Kier molecular flexibility index (Phi) is 5.54. The van der Waals surface area contributed by atoms with Crippen LogP contribution in [0.5, 0.6) is 0 Å². The summed E-state index contributed by atoms with van der Waals surface area (Å²) < 4.78 is 46.5. The number of carboxylic acid groups (broad SMARTS) is 1. The Morgan fingerprint density at radius 3 is 2.24 bits per heavy atom. The van der Waals surface area contributed by atoms with Crippen molar-refractivity contribution in [2.24, 2.45) is 5.92 Å². The Morgan fingerprint density at radius 1 is 1.03 bits per heavy atom. The number of furan rings is 1. The summed E-state index contributed by atoms with van der Waals surface area (Å²) in [5, 5.41) is 9.09. The summed E-state index contributed by atoms with van der Waals surface area (Å²) in [7, 11) is 0. The van der Waals surface area contributed by atoms with E-state index in [0.717, 1.165) is 18.9 Å². The van der Waals surface area contributed by atoms with E-state index in [1.807, 2.05) is 0 Å². The summed E-state index contributed by atoms with van der Waals surface area (Å²) in [5.41, 5.74) is -0.862. The molecule has 182 valence electrons. The molecule has 1 aliphatic carbocycles. The third-order valence-corrected chi connectivity index (χ3v) is 7.39. The van der Waals surface area contributed by atoms with E-state index in [1.54, 1.807) is 6.07 Å². The van der Waals surface area contributed by atoms with Crippen molar-refractivity contribution in [1.82, 2.24) is 9.80 Å². The number of piperidine rings is 1. The topological polar surface area (TPSA) is 91.1 Å². The van der Waals surface area contributed by atoms with Crippen LogP contribution in [0, 0.1) is 5.92 Å². The van der Waals surface area contributed by atoms with Gasteiger partial charge in [0, 0.05) is 30.9 Å². The van der Waals surface area contributed by atoms with E-state index in [0.29, 0.717) is 31.4 Å². The van der Waals surface area contributed by atoms with Crippen LogP contribution in [0.25, 0.3) is 11.0 Å². The number of rotatable bonds is 4. The number of halogens is 4. The molecule has 2 amide bonds. The lowest BCUT2D eigenvalue weighted by Crippen LogP contribution is -2.57. The number of likely N-dealkylation sites (tertiary alicyclic amines) is 2. The van der Waals surface area contributed by atoms with Crippen molar-refractivity contribution in [2.75, 3.05) is 19.6 Å². The first-order valence-corrected chi connectivity index (χ1v) is 11.6. The average Bonchev–Trinajstić information content (AvgIpc) is 3.55. The molecule has 1 saturated carbocycles. The molecule has 2 aromatic rings. The predicted octanol–water partition coefficient (Wildman–Crippen LogP) is 4.52. The molecule has 11 heteroatoms. The van der Waals surface area contributed by atoms with Crippen molar-refractivity contribution in [3.8, 4) is 0 Å². The monoisotopic (exact) mass is 498 g/mol. The molecule has 0 spiro atoms. The quantitative estimate of drug-likeness (QED) is 0.669. The van der Waals surface area contributed by atoms with E-state index in [9.17, 15) is 27.6 Å². The summed E-state index contributed by atoms with van der Waals surface area (Å²) in [5.74, 6) is -2.59. The number of carbonyl (C=O) groups is 3. The fraction of sp³-hybridized carbons (Fsp3) is 0.522. The predicted molar refractivity (Wildman–Crippen MR) is 115 cm³/mol. The van der Waals surface area contributed by atoms with E-state index in [1.165, 1.54) is 9.80 Å². The number of hydrogen-bond acceptors (Lipinski definition) is 4. The molecule has 2 aliphatic heterocycles. The van der Waals surface area contributed by atoms with Gasteiger partial charge in [0.1, 0.15) is 11.6 Å². The molecule has 3 heterocycles. The van der Waals surface area contributed by atoms with Crippen molar-refractivity contribution in [1.29, 1.82) is 0 Å². The fourth-order valence-electron chi connectivity index (χ4n) is 4.81. The molecular weight excluding hydrogens is 477 g/mol. The summed E-state index contributed by atoms with van der Waals surface area (Å²) in [4.78, 5) is 39.7. The highest BCUT2D eigenvalue weighted by Crippen LogP contribution is 2.47. The second kappa shape index (κ2) is 8.18. The van der Waals surface area contributed by atoms with Crippen molar-refractivity contribution in [2.45, 2.75) is 50.2 Å². The van der Waals surface area contributed by atoms with Crippen LogP contribution in [0.2, 0.25) is 5.02 Å². The molecule has 1 atom stereocenters. The number of hydrogen-bond donors (Lipinski definition) is 1. The number of aliphatic carboxylic acids is 1. The van der Waals surface area contributed by atoms with Gasteiger partial charge in [-0.25, -0.2) is 4.79 Å². The van der Waals surface area contributed by atoms with Crippen molar-refractivity contribution in [3.05, 3.63) is 34.0 Å². The first-order chi connectivity index (χ1) is 16.1. The second-order valence-electron chi connectivity index (χ2n) is 9.20. The fourth-order valence-corrected chi connectivity index (χ4v) is 5.07. The van der Waals surface area contributed by atoms with E-state index >= 15 is 0 Å². The standard InChI is InChI=1S/C23H22ClF3N2O5/c24-17-14-9-13(11-1-2-11)10-15(23(25,26)27)18(14)34-19(17)21(31)28-6-3-12(4-7-28)20(30)29-8-5-16(29)22(32)33/h9-12,16H,1-8H2,(H,32,33). The van der Waals surface area contributed by atoms with Crippen LogP contribution in [-0.4, -0.2) is 58.4 Å². The van der Waals surface area contributed by atoms with Crippen LogP contribution in [0.4, 0.5) is 13.2 Å². The van der Waals surface area contributed by atoms with Crippen LogP contribution >= 0.6 is 11.6 Å². The van der Waals surface area contributed by atoms with Gasteiger partial charge in [-0.15, -0.1) is 0 Å². The number of amides is 2. The van der Waals surface area contributed by atoms with Crippen LogP contribution in [0.15, 0.2) is 16.5 Å². The molecule has 0 bridgehead atoms. The van der Waals surface area contributed by atoms with Gasteiger partial charge in [-0.05, 0) is 55.7 Å². The van der Waals surface area contributed by atoms with Crippen molar-refractivity contribution < 1.29 is 37.1 Å². The van der Waals surface area contributed by atoms with Crippen LogP contribution < -0.4 is 0 Å². The third-order valence-electron chi connectivity index (χ3n) is 7.02. The molecule has 7 nitrogen and oxygen atoms in total. The number of benzene rings is 1. The van der Waals surface area contributed by atoms with Gasteiger partial charge in [-0.3, -0.25) is 9.59 Å². The zero-order chi connectivity index (χ0) is 24.4. The van der Waals surface area contributed by atoms with E-state index < -0.39 is 41.2 Å². The molecule has 2 saturated heterocycles. The van der Waals surface area contributed by atoms with Gasteiger partial charge < -0.3 is 19.3 Å². The van der Waals surface area contributed by atoms with Crippen LogP contribution in [0.1, 0.15) is 59.7 Å². The van der Waals surface area contributed by atoms with Gasteiger partial charge in [0.15, 0.2) is 0 Å². The largest absolute Gasteiger partial charge is 0.480 e. The molecule has 3 aliphatic rings. The number of alkyl halides is 3. The minimum atomic E-state index is -4.66. The Bertz CT molecular complexity index is 1180. The number of nitrogens with zero attached hydrogens (tertiary/aromatic N) is 2. The number of carbonyl (C=O) groups excluding carboxylic acids is 2. The first-order valence-electron chi connectivity index (χ1n) is 11.2. The smallest absolute Gasteiger partial charge is 0.420 e. The minimum absolute atomic E-state index is 0.0549. The molecular formula is C23H22ClF3N2O5. The summed E-state index contributed by atoms with van der Waals surface area (Å²) >= 11 is 6.36. The lowest BCUT2D eigenvalue weighted by molar-refractivity contribution is -0.160. The zero-order valence-corrected chi connectivity index (χ0v) is 18.8. The van der Waals surface area contributed by atoms with Gasteiger partial charge in [0.25, 0.3) is 5.91 Å². The summed E-state index contributed by atoms with van der Waals surface area (Å²) in [6, 6.07) is 1.84. The molecule has 34 heavy (non-hydrogen) atoms. The first kappa shape index (κ1) is 23.0. The average molecular weight is 499 g/mol. The minimum Gasteiger partial charge on any atom is -0.480 e. The molecule has 5 rings (SSSR count). The third kappa shape index (κ3) is 3.91. The maximum atomic E-state index is 13.7. The Labute approximate surface area is 197 Å². The second-order valence-corrected chi connectivity index (χ2v) is 9.58. The highest BCUT2D eigenvalue weighted by atomic mass is 35.5. The molecule has 1 N–H and O–H groups in total. The summed E-state index contributed by atoms with van der Waals surface area (Å²) in [6.45, 7) is 0.773. The zero-order valence-electron chi connectivity index (χ0n) is 18.0. The van der Waals surface area contributed by atoms with Gasteiger partial charge in [-0.1, -0.05) is 11.6 Å². The normalized spacial score (nSPS) is 21.6. The maximum absolute atomic E-state index is 13.7. The molecule has 3 fully saturated rings. The number of fused-ring (bicyclic) bond motifs is 1. The lowest BCUT2D eigenvalue weighted by atomic mass is 9.91. The maximum Gasteiger partial charge on any atom is 0.420 e.